The van der Waals surface area contributed by atoms with Crippen LogP contribution < -0.4 is 0 Å². The van der Waals surface area contributed by atoms with Crippen LogP contribution in [0.2, 0.25) is 0 Å². The molecule has 0 aliphatic heterocycles. The van der Waals surface area contributed by atoms with E-state index in [1.54, 1.807) is 0 Å². The van der Waals surface area contributed by atoms with Crippen LogP contribution in [0.15, 0.2) is 182 Å². The van der Waals surface area contributed by atoms with Gasteiger partial charge >= 0.3 is 0 Å². The summed E-state index contributed by atoms with van der Waals surface area (Å²) >= 11 is 1.89. The van der Waals surface area contributed by atoms with Gasteiger partial charge in [-0.3, -0.25) is 0 Å². The molecule has 0 spiro atoms. The van der Waals surface area contributed by atoms with Gasteiger partial charge < -0.3 is 0 Å². The fourth-order valence-corrected chi connectivity index (χ4v) is 9.06. The molecule has 1 aromatic heterocycles. The third-order valence-corrected chi connectivity index (χ3v) is 11.2. The van der Waals surface area contributed by atoms with Crippen LogP contribution in [0.1, 0.15) is 1.37 Å². The first-order valence-electron chi connectivity index (χ1n) is 17.3. The van der Waals surface area contributed by atoms with Gasteiger partial charge in [-0.25, -0.2) is 0 Å². The normalized spacial score (nSPS) is 12.0. The number of rotatable bonds is 4. The van der Waals surface area contributed by atoms with Gasteiger partial charge in [0.2, 0.25) is 0 Å². The molecule has 0 bridgehead atoms. The zero-order valence-corrected chi connectivity index (χ0v) is 27.5. The average Bonchev–Trinajstić information content (AvgIpc) is 3.56. The third kappa shape index (κ3) is 4.51. The number of hydrogen-bond donors (Lipinski definition) is 0. The van der Waals surface area contributed by atoms with Gasteiger partial charge in [-0.2, -0.15) is 0 Å². The van der Waals surface area contributed by atoms with Crippen molar-refractivity contribution in [1.29, 1.82) is 0 Å². The monoisotopic (exact) mass is 639 g/mol. The Morgan fingerprint density at radius 2 is 0.980 bits per heavy atom. The van der Waals surface area contributed by atoms with Gasteiger partial charge in [-0.15, -0.1) is 11.3 Å². The minimum atomic E-state index is 0.537. The summed E-state index contributed by atoms with van der Waals surface area (Å²) in [6.07, 6.45) is 0. The van der Waals surface area contributed by atoms with Crippen LogP contribution in [0.25, 0.3) is 97.0 Å². The molecule has 0 fully saturated rings. The second kappa shape index (κ2) is 11.3. The van der Waals surface area contributed by atoms with Gasteiger partial charge in [0, 0.05) is 20.2 Å². The molecule has 0 saturated carbocycles. The topological polar surface area (TPSA) is 0 Å². The first-order chi connectivity index (χ1) is 24.7. The van der Waals surface area contributed by atoms with Crippen LogP contribution >= 0.6 is 11.3 Å². The molecule has 1 heteroatoms. The van der Waals surface area contributed by atoms with E-state index in [-0.39, 0.29) is 0 Å². The highest BCUT2D eigenvalue weighted by atomic mass is 32.1. The molecule has 0 aliphatic rings. The summed E-state index contributed by atoms with van der Waals surface area (Å²) in [5.74, 6) is 0. The van der Waals surface area contributed by atoms with Crippen molar-refractivity contribution in [2.45, 2.75) is 0 Å². The fourth-order valence-electron chi connectivity index (χ4n) is 7.79. The molecule has 0 aliphatic carbocycles. The van der Waals surface area contributed by atoms with E-state index in [2.05, 4.69) is 158 Å². The molecule has 0 unspecified atom stereocenters. The molecule has 10 aromatic rings. The lowest BCUT2D eigenvalue weighted by Gasteiger charge is -2.19. The largest absolute Gasteiger partial charge is 0.135 e. The highest BCUT2D eigenvalue weighted by Gasteiger charge is 2.20. The molecule has 9 aromatic carbocycles. The van der Waals surface area contributed by atoms with Gasteiger partial charge in [0.05, 0.1) is 1.37 Å². The second-order valence-corrected chi connectivity index (χ2v) is 13.8. The minimum absolute atomic E-state index is 0.537. The van der Waals surface area contributed by atoms with E-state index in [0.29, 0.717) is 6.04 Å². The lowest BCUT2D eigenvalue weighted by atomic mass is 9.84. The summed E-state index contributed by atoms with van der Waals surface area (Å²) in [5.41, 5.74) is 9.92. The van der Waals surface area contributed by atoms with Crippen LogP contribution in [0.5, 0.6) is 0 Å². The fraction of sp³-hybridized carbons (Fsp3) is 0. The molecule has 1 heterocycles. The first kappa shape index (κ1) is 27.0. The van der Waals surface area contributed by atoms with Crippen molar-refractivity contribution in [3.63, 3.8) is 0 Å². The molecular formula is C48H30S. The molecule has 0 amide bonds. The van der Waals surface area contributed by atoms with Crippen LogP contribution in [-0.4, -0.2) is 0 Å². The predicted octanol–water partition coefficient (Wildman–Crippen LogP) is 14.2. The Labute approximate surface area is 290 Å². The Bertz CT molecular complexity index is 2880. The first-order valence-corrected chi connectivity index (χ1v) is 17.6. The zero-order chi connectivity index (χ0) is 33.2. The molecule has 0 nitrogen and oxygen atoms in total. The Kier molecular flexibility index (Phi) is 6.22. The van der Waals surface area contributed by atoms with Crippen molar-refractivity contribution < 1.29 is 1.37 Å². The average molecular weight is 640 g/mol. The molecule has 0 radical (unpaired) electrons. The smallest absolute Gasteiger partial charge is 0.0623 e. The standard InChI is InChI=1S/C48H30S/c1-2-14-32(15-3-1)37-23-11-25-43-47-42(24-12-26-44(47)49-48(37)43)46-40-21-8-6-19-38(40)45(39-20-7-9-22-41(39)46)36-18-10-17-34(30-36)35-28-27-31-13-4-5-16-33(31)29-35/h1-30H/i4D. The number of hydrogen-bond acceptors (Lipinski definition) is 1. The number of thiophene rings is 1. The number of fused-ring (bicyclic) bond motifs is 6. The van der Waals surface area contributed by atoms with E-state index >= 15 is 0 Å². The van der Waals surface area contributed by atoms with Gasteiger partial charge in [-0.05, 0) is 95.0 Å². The van der Waals surface area contributed by atoms with E-state index < -0.39 is 0 Å². The van der Waals surface area contributed by atoms with Crippen LogP contribution in [-0.2, 0) is 0 Å². The Balaban J connectivity index is 1.23. The highest BCUT2D eigenvalue weighted by molar-refractivity contribution is 7.26. The maximum Gasteiger partial charge on any atom is 0.0623 e. The summed E-state index contributed by atoms with van der Waals surface area (Å²) in [5, 5.41) is 9.89. The maximum absolute atomic E-state index is 8.03. The SMILES string of the molecule is [2H]c1ccc2cc(-c3cccc(-c4c5ccccc5c(-c5cccc6sc7c(-c8ccccc8)cccc7c56)c5ccccc45)c3)ccc2c1. The van der Waals surface area contributed by atoms with Gasteiger partial charge in [0.15, 0.2) is 0 Å². The van der Waals surface area contributed by atoms with Crippen molar-refractivity contribution >= 4 is 63.8 Å². The van der Waals surface area contributed by atoms with Crippen molar-refractivity contribution in [3.05, 3.63) is 182 Å². The van der Waals surface area contributed by atoms with Crippen LogP contribution in [0.4, 0.5) is 0 Å². The Hall–Kier alpha value is -6.02. The van der Waals surface area contributed by atoms with Gasteiger partial charge in [0.25, 0.3) is 0 Å². The molecule has 0 saturated heterocycles. The van der Waals surface area contributed by atoms with E-state index in [1.165, 1.54) is 86.2 Å². The second-order valence-electron chi connectivity index (χ2n) is 12.7. The van der Waals surface area contributed by atoms with Crippen LogP contribution in [0, 0.1) is 0 Å². The summed E-state index contributed by atoms with van der Waals surface area (Å²) in [6.45, 7) is 0. The predicted molar refractivity (Wildman–Crippen MR) is 214 cm³/mol. The van der Waals surface area contributed by atoms with Crippen molar-refractivity contribution in [1.82, 2.24) is 0 Å². The Morgan fingerprint density at radius 3 is 1.78 bits per heavy atom. The van der Waals surface area contributed by atoms with Crippen molar-refractivity contribution in [2.75, 3.05) is 0 Å². The van der Waals surface area contributed by atoms with Crippen molar-refractivity contribution in [2.24, 2.45) is 0 Å². The Morgan fingerprint density at radius 1 is 0.367 bits per heavy atom. The molecule has 0 N–H and O–H groups in total. The third-order valence-electron chi connectivity index (χ3n) is 9.98. The zero-order valence-electron chi connectivity index (χ0n) is 27.7. The number of benzene rings is 9. The van der Waals surface area contributed by atoms with Crippen molar-refractivity contribution in [3.8, 4) is 44.5 Å². The molecule has 10 rings (SSSR count). The van der Waals surface area contributed by atoms with E-state index in [1.807, 2.05) is 29.5 Å². The quantitative estimate of drug-likeness (QED) is 0.168. The summed E-state index contributed by atoms with van der Waals surface area (Å²) in [6, 6.07) is 64.1. The molecule has 0 atom stereocenters. The molecule has 49 heavy (non-hydrogen) atoms. The van der Waals surface area contributed by atoms with E-state index in [0.717, 1.165) is 10.8 Å². The van der Waals surface area contributed by atoms with E-state index in [9.17, 15) is 0 Å². The van der Waals surface area contributed by atoms with Gasteiger partial charge in [-0.1, -0.05) is 164 Å². The minimum Gasteiger partial charge on any atom is -0.135 e. The summed E-state index contributed by atoms with van der Waals surface area (Å²) in [7, 11) is 0. The lowest BCUT2D eigenvalue weighted by Crippen LogP contribution is -1.91. The van der Waals surface area contributed by atoms with Gasteiger partial charge in [0.1, 0.15) is 0 Å². The van der Waals surface area contributed by atoms with E-state index in [4.69, 9.17) is 1.37 Å². The highest BCUT2D eigenvalue weighted by Crippen LogP contribution is 2.49. The van der Waals surface area contributed by atoms with Crippen LogP contribution in [0.3, 0.4) is 0 Å². The lowest BCUT2D eigenvalue weighted by molar-refractivity contribution is 1.63. The summed E-state index contributed by atoms with van der Waals surface area (Å²) < 4.78 is 10.7. The molecular weight excluding hydrogens is 609 g/mol. The molecule has 228 valence electrons. The summed E-state index contributed by atoms with van der Waals surface area (Å²) in [4.78, 5) is 0. The maximum atomic E-state index is 8.03.